The van der Waals surface area contributed by atoms with E-state index in [0.29, 0.717) is 0 Å². The van der Waals surface area contributed by atoms with Gasteiger partial charge in [-0.3, -0.25) is 4.79 Å². The number of thioether (sulfide) groups is 1. The van der Waals surface area contributed by atoms with Crippen molar-refractivity contribution in [2.75, 3.05) is 32.1 Å². The minimum absolute atomic E-state index is 0.00638. The first-order valence-electron chi connectivity index (χ1n) is 5.96. The average molecular weight is 244 g/mol. The van der Waals surface area contributed by atoms with Crippen molar-refractivity contribution < 1.29 is 4.79 Å². The third kappa shape index (κ3) is 3.39. The van der Waals surface area contributed by atoms with E-state index < -0.39 is 0 Å². The van der Waals surface area contributed by atoms with Gasteiger partial charge in [0.15, 0.2) is 0 Å². The maximum atomic E-state index is 12.3. The van der Waals surface area contributed by atoms with Crippen molar-refractivity contribution in [3.05, 3.63) is 0 Å². The van der Waals surface area contributed by atoms with Crippen molar-refractivity contribution in [2.45, 2.75) is 32.7 Å². The van der Waals surface area contributed by atoms with E-state index in [1.165, 1.54) is 6.42 Å². The fraction of sp³-hybridized carbons (Fsp3) is 0.917. The summed E-state index contributed by atoms with van der Waals surface area (Å²) in [6.45, 7) is 6.18. The summed E-state index contributed by atoms with van der Waals surface area (Å²) < 4.78 is 0. The lowest BCUT2D eigenvalue weighted by atomic mass is 9.77. The minimum Gasteiger partial charge on any atom is -0.344 e. The Bertz CT molecular complexity index is 243. The lowest BCUT2D eigenvalue weighted by Crippen LogP contribution is -2.56. The zero-order chi connectivity index (χ0) is 12.2. The molecular weight excluding hydrogens is 220 g/mol. The number of nitrogens with one attached hydrogen (secondary N) is 1. The average Bonchev–Trinajstić information content (AvgIpc) is 2.24. The molecule has 1 aliphatic rings. The smallest absolute Gasteiger partial charge is 0.240 e. The van der Waals surface area contributed by atoms with Crippen molar-refractivity contribution >= 4 is 17.7 Å². The van der Waals surface area contributed by atoms with Gasteiger partial charge in [-0.15, -0.1) is 0 Å². The Labute approximate surface area is 103 Å². The van der Waals surface area contributed by atoms with Gasteiger partial charge >= 0.3 is 0 Å². The van der Waals surface area contributed by atoms with Gasteiger partial charge in [-0.05, 0) is 31.1 Å². The maximum absolute atomic E-state index is 12.3. The Kier molecular flexibility index (Phi) is 5.12. The van der Waals surface area contributed by atoms with E-state index in [-0.39, 0.29) is 17.4 Å². The molecule has 0 saturated carbocycles. The highest BCUT2D eigenvalue weighted by Gasteiger charge is 2.38. The van der Waals surface area contributed by atoms with Gasteiger partial charge in [0.2, 0.25) is 5.91 Å². The largest absolute Gasteiger partial charge is 0.344 e. The zero-order valence-corrected chi connectivity index (χ0v) is 11.7. The Balaban J connectivity index is 2.57. The van der Waals surface area contributed by atoms with E-state index in [4.69, 9.17) is 0 Å². The second kappa shape index (κ2) is 5.92. The van der Waals surface area contributed by atoms with Gasteiger partial charge in [0.25, 0.3) is 0 Å². The zero-order valence-electron chi connectivity index (χ0n) is 10.9. The monoisotopic (exact) mass is 244 g/mol. The van der Waals surface area contributed by atoms with Crippen LogP contribution in [0, 0.1) is 5.41 Å². The molecule has 1 saturated heterocycles. The second-order valence-electron chi connectivity index (χ2n) is 5.23. The molecule has 1 rings (SSSR count). The summed E-state index contributed by atoms with van der Waals surface area (Å²) in [5.41, 5.74) is 0.0863. The SMILES string of the molecule is CSCCN(C)C(=O)C1NCCCC1(C)C. The summed E-state index contributed by atoms with van der Waals surface area (Å²) in [4.78, 5) is 14.1. The van der Waals surface area contributed by atoms with Gasteiger partial charge in [-0.1, -0.05) is 13.8 Å². The maximum Gasteiger partial charge on any atom is 0.240 e. The number of rotatable bonds is 4. The van der Waals surface area contributed by atoms with Gasteiger partial charge in [-0.2, -0.15) is 11.8 Å². The van der Waals surface area contributed by atoms with Crippen LogP contribution in [0.1, 0.15) is 26.7 Å². The number of hydrogen-bond acceptors (Lipinski definition) is 3. The van der Waals surface area contributed by atoms with Crippen LogP contribution in [0.3, 0.4) is 0 Å². The van der Waals surface area contributed by atoms with Gasteiger partial charge in [0.05, 0.1) is 6.04 Å². The Morgan fingerprint density at radius 3 is 2.81 bits per heavy atom. The Hall–Kier alpha value is -0.220. The van der Waals surface area contributed by atoms with Crippen molar-refractivity contribution in [3.8, 4) is 0 Å². The molecule has 0 aliphatic carbocycles. The molecule has 0 spiro atoms. The van der Waals surface area contributed by atoms with Crippen LogP contribution >= 0.6 is 11.8 Å². The molecule has 1 heterocycles. The first-order valence-corrected chi connectivity index (χ1v) is 7.36. The first-order chi connectivity index (χ1) is 7.49. The summed E-state index contributed by atoms with van der Waals surface area (Å²) in [7, 11) is 1.91. The highest BCUT2D eigenvalue weighted by molar-refractivity contribution is 7.98. The van der Waals surface area contributed by atoms with Crippen molar-refractivity contribution in [1.29, 1.82) is 0 Å². The molecule has 4 heteroatoms. The van der Waals surface area contributed by atoms with Gasteiger partial charge < -0.3 is 10.2 Å². The quantitative estimate of drug-likeness (QED) is 0.815. The molecule has 1 amide bonds. The van der Waals surface area contributed by atoms with E-state index in [0.717, 1.165) is 25.3 Å². The van der Waals surface area contributed by atoms with Crippen LogP contribution in [-0.2, 0) is 4.79 Å². The van der Waals surface area contributed by atoms with Gasteiger partial charge in [-0.25, -0.2) is 0 Å². The molecule has 0 radical (unpaired) electrons. The van der Waals surface area contributed by atoms with E-state index in [1.807, 2.05) is 11.9 Å². The summed E-state index contributed by atoms with van der Waals surface area (Å²) in [5.74, 6) is 1.26. The predicted octanol–water partition coefficient (Wildman–Crippen LogP) is 1.59. The van der Waals surface area contributed by atoms with Crippen LogP contribution < -0.4 is 5.32 Å². The molecule has 94 valence electrons. The molecule has 0 aromatic rings. The van der Waals surface area contributed by atoms with E-state index >= 15 is 0 Å². The van der Waals surface area contributed by atoms with Crippen LogP contribution in [0.15, 0.2) is 0 Å². The third-order valence-corrected chi connectivity index (χ3v) is 3.97. The number of hydrogen-bond donors (Lipinski definition) is 1. The molecule has 1 aliphatic heterocycles. The molecule has 1 fully saturated rings. The molecule has 0 aromatic carbocycles. The standard InChI is InChI=1S/C12H24N2OS/c1-12(2)6-5-7-13-10(12)11(15)14(3)8-9-16-4/h10,13H,5-9H2,1-4H3. The molecule has 1 atom stereocenters. The fourth-order valence-corrected chi connectivity index (χ4v) is 2.65. The topological polar surface area (TPSA) is 32.3 Å². The third-order valence-electron chi connectivity index (χ3n) is 3.38. The fourth-order valence-electron chi connectivity index (χ4n) is 2.19. The number of likely N-dealkylation sites (N-methyl/N-ethyl adjacent to an activating group) is 1. The number of nitrogens with zero attached hydrogens (tertiary/aromatic N) is 1. The molecular formula is C12H24N2OS. The molecule has 0 aromatic heterocycles. The number of carbonyl (C=O) groups is 1. The molecule has 0 bridgehead atoms. The highest BCUT2D eigenvalue weighted by Crippen LogP contribution is 2.30. The van der Waals surface area contributed by atoms with Crippen molar-refractivity contribution in [2.24, 2.45) is 5.41 Å². The summed E-state index contributed by atoms with van der Waals surface area (Å²) in [6.07, 6.45) is 4.37. The number of amides is 1. The molecule has 1 unspecified atom stereocenters. The lowest BCUT2D eigenvalue weighted by Gasteiger charge is -2.40. The van der Waals surface area contributed by atoms with Gasteiger partial charge in [0, 0.05) is 19.3 Å². The van der Waals surface area contributed by atoms with E-state index in [9.17, 15) is 4.79 Å². The van der Waals surface area contributed by atoms with Gasteiger partial charge in [0.1, 0.15) is 0 Å². The summed E-state index contributed by atoms with van der Waals surface area (Å²) >= 11 is 1.78. The van der Waals surface area contributed by atoms with Crippen molar-refractivity contribution in [1.82, 2.24) is 10.2 Å². The molecule has 3 nitrogen and oxygen atoms in total. The van der Waals surface area contributed by atoms with E-state index in [1.54, 1.807) is 11.8 Å². The van der Waals surface area contributed by atoms with Crippen LogP contribution in [0.4, 0.5) is 0 Å². The number of piperidine rings is 1. The van der Waals surface area contributed by atoms with E-state index in [2.05, 4.69) is 25.4 Å². The molecule has 16 heavy (non-hydrogen) atoms. The molecule has 1 N–H and O–H groups in total. The Morgan fingerprint density at radius 2 is 2.25 bits per heavy atom. The van der Waals surface area contributed by atoms with Crippen LogP contribution in [0.25, 0.3) is 0 Å². The summed E-state index contributed by atoms with van der Waals surface area (Å²) in [5, 5.41) is 3.37. The van der Waals surface area contributed by atoms with Crippen molar-refractivity contribution in [3.63, 3.8) is 0 Å². The predicted molar refractivity (Wildman–Crippen MR) is 70.8 cm³/mol. The van der Waals surface area contributed by atoms with Crippen LogP contribution in [0.2, 0.25) is 0 Å². The summed E-state index contributed by atoms with van der Waals surface area (Å²) in [6, 6.07) is -0.00638. The second-order valence-corrected chi connectivity index (χ2v) is 6.22. The minimum atomic E-state index is -0.00638. The van der Waals surface area contributed by atoms with Crippen LogP contribution in [-0.4, -0.2) is 49.0 Å². The Morgan fingerprint density at radius 1 is 1.56 bits per heavy atom. The highest BCUT2D eigenvalue weighted by atomic mass is 32.2. The number of carbonyl (C=O) groups excluding carboxylic acids is 1. The lowest BCUT2D eigenvalue weighted by molar-refractivity contribution is -0.135. The normalized spacial score (nSPS) is 24.1. The van der Waals surface area contributed by atoms with Crippen LogP contribution in [0.5, 0.6) is 0 Å². The first kappa shape index (κ1) is 13.8.